The van der Waals surface area contributed by atoms with Crippen LogP contribution >= 0.6 is 11.3 Å². The Balaban J connectivity index is 1.43. The zero-order chi connectivity index (χ0) is 26.5. The largest absolute Gasteiger partial charge is 0.491 e. The van der Waals surface area contributed by atoms with Crippen molar-refractivity contribution in [3.8, 4) is 5.75 Å². The monoisotopic (exact) mass is 528 g/mol. The number of aryl methyl sites for hydroxylation is 1. The molecule has 7 heteroatoms. The summed E-state index contributed by atoms with van der Waals surface area (Å²) in [6.45, 7) is 5.56. The van der Waals surface area contributed by atoms with Crippen molar-refractivity contribution in [3.63, 3.8) is 0 Å². The van der Waals surface area contributed by atoms with E-state index >= 15 is 0 Å². The molecule has 3 aromatic carbocycles. The second kappa shape index (κ2) is 12.0. The van der Waals surface area contributed by atoms with Gasteiger partial charge < -0.3 is 20.3 Å². The number of thiazole rings is 1. The van der Waals surface area contributed by atoms with Crippen molar-refractivity contribution in [2.45, 2.75) is 38.6 Å². The van der Waals surface area contributed by atoms with Crippen LogP contribution in [0.3, 0.4) is 0 Å². The van der Waals surface area contributed by atoms with Gasteiger partial charge >= 0.3 is 0 Å². The molecule has 38 heavy (non-hydrogen) atoms. The number of ether oxygens (including phenoxy) is 1. The van der Waals surface area contributed by atoms with Crippen LogP contribution in [0.1, 0.15) is 52.2 Å². The fraction of sp³-hybridized carbons (Fsp3) is 0.355. The molecule has 0 bridgehead atoms. The van der Waals surface area contributed by atoms with Crippen molar-refractivity contribution < 1.29 is 9.53 Å². The molecule has 0 saturated heterocycles. The average molecular weight is 529 g/mol. The van der Waals surface area contributed by atoms with Crippen LogP contribution in [-0.2, 0) is 6.54 Å². The van der Waals surface area contributed by atoms with Gasteiger partial charge in [-0.05, 0) is 69.5 Å². The third kappa shape index (κ3) is 6.17. The van der Waals surface area contributed by atoms with Crippen molar-refractivity contribution >= 4 is 32.6 Å². The number of rotatable bonds is 2. The molecule has 0 fully saturated rings. The standard InChI is InChI=1S/C31H36N4O2S/c1-22-13-14-28-25(20-22)21-34(2)17-15-24(23-8-4-3-5-9-23)10-7-16-35(18-19-37-28)30(36)26-11-6-12-27-29(26)38-31(32)33-27/h3-6,8-9,11-14,20,24H,7,10,15-19,21H2,1-2H3,(H2,32,33). The predicted octanol–water partition coefficient (Wildman–Crippen LogP) is 6.11. The van der Waals surface area contributed by atoms with Gasteiger partial charge in [-0.15, -0.1) is 0 Å². The highest BCUT2D eigenvalue weighted by Gasteiger charge is 2.22. The molecule has 0 aliphatic carbocycles. The third-order valence-electron chi connectivity index (χ3n) is 7.34. The molecule has 2 N–H and O–H groups in total. The highest BCUT2D eigenvalue weighted by atomic mass is 32.1. The Morgan fingerprint density at radius 3 is 2.71 bits per heavy atom. The average Bonchev–Trinajstić information content (AvgIpc) is 3.30. The van der Waals surface area contributed by atoms with Gasteiger partial charge in [-0.25, -0.2) is 4.98 Å². The van der Waals surface area contributed by atoms with Gasteiger partial charge in [-0.1, -0.05) is 65.4 Å². The Kier molecular flexibility index (Phi) is 8.25. The van der Waals surface area contributed by atoms with Crippen LogP contribution in [0, 0.1) is 6.92 Å². The summed E-state index contributed by atoms with van der Waals surface area (Å²) in [4.78, 5) is 22.6. The summed E-state index contributed by atoms with van der Waals surface area (Å²) in [5.41, 5.74) is 11.2. The van der Waals surface area contributed by atoms with Gasteiger partial charge in [0, 0.05) is 18.7 Å². The molecule has 1 aliphatic heterocycles. The summed E-state index contributed by atoms with van der Waals surface area (Å²) in [5.74, 6) is 1.34. The third-order valence-corrected chi connectivity index (χ3v) is 8.27. The Morgan fingerprint density at radius 1 is 1.03 bits per heavy atom. The number of nitrogens with zero attached hydrogens (tertiary/aromatic N) is 3. The van der Waals surface area contributed by atoms with Crippen molar-refractivity contribution in [1.29, 1.82) is 0 Å². The second-order valence-electron chi connectivity index (χ2n) is 10.2. The molecule has 0 spiro atoms. The lowest BCUT2D eigenvalue weighted by Gasteiger charge is -2.27. The lowest BCUT2D eigenvalue weighted by Crippen LogP contribution is -2.36. The van der Waals surface area contributed by atoms with E-state index in [0.717, 1.165) is 48.3 Å². The molecule has 5 rings (SSSR count). The van der Waals surface area contributed by atoms with E-state index in [1.165, 1.54) is 28.0 Å². The van der Waals surface area contributed by atoms with Gasteiger partial charge in [0.15, 0.2) is 5.13 Å². The first-order chi connectivity index (χ1) is 18.5. The number of hydrogen-bond donors (Lipinski definition) is 1. The number of fused-ring (bicyclic) bond motifs is 2. The van der Waals surface area contributed by atoms with Crippen LogP contribution in [0.4, 0.5) is 5.13 Å². The molecular weight excluding hydrogens is 492 g/mol. The number of aromatic nitrogens is 1. The minimum absolute atomic E-state index is 0.00932. The number of carbonyl (C=O) groups is 1. The first-order valence-corrected chi connectivity index (χ1v) is 14.2. The van der Waals surface area contributed by atoms with Crippen LogP contribution in [-0.4, -0.2) is 54.0 Å². The van der Waals surface area contributed by atoms with Crippen molar-refractivity contribution in [2.24, 2.45) is 0 Å². The van der Waals surface area contributed by atoms with Crippen LogP contribution in [0.15, 0.2) is 66.7 Å². The lowest BCUT2D eigenvalue weighted by atomic mass is 9.91. The highest BCUT2D eigenvalue weighted by molar-refractivity contribution is 7.22. The first kappa shape index (κ1) is 26.2. The van der Waals surface area contributed by atoms with Gasteiger partial charge in [-0.3, -0.25) is 4.79 Å². The van der Waals surface area contributed by atoms with Crippen LogP contribution < -0.4 is 10.5 Å². The molecule has 198 valence electrons. The number of nitrogen functional groups attached to an aromatic ring is 1. The molecule has 1 aliphatic rings. The number of benzene rings is 3. The molecule has 1 amide bonds. The molecule has 0 radical (unpaired) electrons. The van der Waals surface area contributed by atoms with E-state index in [2.05, 4.69) is 72.4 Å². The zero-order valence-electron chi connectivity index (χ0n) is 22.2. The second-order valence-corrected chi connectivity index (χ2v) is 11.3. The Bertz CT molecular complexity index is 1390. The summed E-state index contributed by atoms with van der Waals surface area (Å²) < 4.78 is 7.13. The van der Waals surface area contributed by atoms with E-state index in [9.17, 15) is 4.79 Å². The summed E-state index contributed by atoms with van der Waals surface area (Å²) in [5, 5.41) is 0.479. The van der Waals surface area contributed by atoms with Gasteiger partial charge in [0.1, 0.15) is 12.4 Å². The van der Waals surface area contributed by atoms with Crippen LogP contribution in [0.5, 0.6) is 5.75 Å². The minimum Gasteiger partial charge on any atom is -0.491 e. The maximum atomic E-state index is 13.8. The van der Waals surface area contributed by atoms with E-state index in [-0.39, 0.29) is 5.91 Å². The van der Waals surface area contributed by atoms with Crippen LogP contribution in [0.2, 0.25) is 0 Å². The number of hydrogen-bond acceptors (Lipinski definition) is 6. The van der Waals surface area contributed by atoms with Crippen molar-refractivity contribution in [2.75, 3.05) is 39.0 Å². The van der Waals surface area contributed by atoms with E-state index < -0.39 is 0 Å². The fourth-order valence-corrected chi connectivity index (χ4v) is 6.17. The number of carbonyl (C=O) groups excluding carboxylic acids is 1. The van der Waals surface area contributed by atoms with Crippen molar-refractivity contribution in [1.82, 2.24) is 14.8 Å². The summed E-state index contributed by atoms with van der Waals surface area (Å²) in [7, 11) is 2.19. The number of amides is 1. The van der Waals surface area contributed by atoms with E-state index in [0.29, 0.717) is 36.3 Å². The molecule has 1 aromatic heterocycles. The quantitative estimate of drug-likeness (QED) is 0.340. The molecular formula is C31H36N4O2S. The lowest BCUT2D eigenvalue weighted by molar-refractivity contribution is 0.0726. The van der Waals surface area contributed by atoms with E-state index in [1.807, 2.05) is 23.1 Å². The number of nitrogens with two attached hydrogens (primary N) is 1. The summed E-state index contributed by atoms with van der Waals surface area (Å²) in [6.07, 6.45) is 3.01. The van der Waals surface area contributed by atoms with E-state index in [1.54, 1.807) is 0 Å². The molecule has 1 unspecified atom stereocenters. The molecule has 6 nitrogen and oxygen atoms in total. The maximum Gasteiger partial charge on any atom is 0.255 e. The van der Waals surface area contributed by atoms with Gasteiger partial charge in [0.2, 0.25) is 0 Å². The number of anilines is 1. The molecule has 2 heterocycles. The highest BCUT2D eigenvalue weighted by Crippen LogP contribution is 2.30. The van der Waals surface area contributed by atoms with Crippen molar-refractivity contribution in [3.05, 3.63) is 89.0 Å². The van der Waals surface area contributed by atoms with Gasteiger partial charge in [0.05, 0.1) is 22.3 Å². The smallest absolute Gasteiger partial charge is 0.255 e. The Morgan fingerprint density at radius 2 is 1.87 bits per heavy atom. The minimum atomic E-state index is 0.00932. The van der Waals surface area contributed by atoms with Crippen LogP contribution in [0.25, 0.3) is 10.2 Å². The first-order valence-electron chi connectivity index (χ1n) is 13.4. The SMILES string of the molecule is Cc1ccc2c(c1)CN(C)CCC(c1ccccc1)CCCN(C(=O)c1cccc3nc(N)sc13)CCO2. The maximum absolute atomic E-state index is 13.8. The summed E-state index contributed by atoms with van der Waals surface area (Å²) >= 11 is 1.37. The Labute approximate surface area is 229 Å². The zero-order valence-corrected chi connectivity index (χ0v) is 23.0. The molecule has 1 atom stereocenters. The van der Waals surface area contributed by atoms with Gasteiger partial charge in [0.25, 0.3) is 5.91 Å². The Hall–Kier alpha value is -3.42. The van der Waals surface area contributed by atoms with Gasteiger partial charge in [-0.2, -0.15) is 0 Å². The topological polar surface area (TPSA) is 71.7 Å². The normalized spacial score (nSPS) is 17.9. The molecule has 0 saturated carbocycles. The summed E-state index contributed by atoms with van der Waals surface area (Å²) in [6, 6.07) is 22.8. The predicted molar refractivity (Wildman–Crippen MR) is 156 cm³/mol. The van der Waals surface area contributed by atoms with E-state index in [4.69, 9.17) is 10.5 Å². The molecule has 4 aromatic rings. The fourth-order valence-electron chi connectivity index (χ4n) is 5.34.